The molecule has 60 valence electrons. The van der Waals surface area contributed by atoms with Crippen molar-refractivity contribution in [2.45, 2.75) is 13.8 Å². The fourth-order valence-electron chi connectivity index (χ4n) is 0.445. The Morgan fingerprint density at radius 1 is 1.70 bits per heavy atom. The van der Waals surface area contributed by atoms with E-state index in [9.17, 15) is 0 Å². The lowest BCUT2D eigenvalue weighted by Gasteiger charge is -2.25. The molecule has 0 saturated carbocycles. The summed E-state index contributed by atoms with van der Waals surface area (Å²) in [6.45, 7) is 4.11. The van der Waals surface area contributed by atoms with Gasteiger partial charge in [-0.3, -0.25) is 0 Å². The van der Waals surface area contributed by atoms with E-state index in [-0.39, 0.29) is 0 Å². The molecule has 0 aliphatic rings. The summed E-state index contributed by atoms with van der Waals surface area (Å²) in [5, 5.41) is 12.2. The topological polar surface area (TPSA) is 46.4 Å². The van der Waals surface area contributed by atoms with Crippen LogP contribution in [0.4, 0.5) is 0 Å². The molecule has 0 heterocycles. The molecular weight excluding hydrogens is 128 g/mol. The lowest BCUT2D eigenvalue weighted by atomic mass is 10.1. The van der Waals surface area contributed by atoms with Gasteiger partial charge >= 0.3 is 0 Å². The minimum atomic E-state index is 0.477. The van der Waals surface area contributed by atoms with Gasteiger partial charge in [0.15, 0.2) is 0 Å². The van der Waals surface area contributed by atoms with E-state index in [0.29, 0.717) is 11.7 Å². The first-order chi connectivity index (χ1) is 4.70. The van der Waals surface area contributed by atoms with Gasteiger partial charge in [-0.05, 0) is 0 Å². The second-order valence-corrected chi connectivity index (χ2v) is 2.32. The Morgan fingerprint density at radius 3 is 2.60 bits per heavy atom. The Kier molecular flexibility index (Phi) is 4.58. The highest BCUT2D eigenvalue weighted by Crippen LogP contribution is 2.03. The zero-order valence-corrected chi connectivity index (χ0v) is 6.63. The highest BCUT2D eigenvalue weighted by molar-refractivity contribution is 5.15. The van der Waals surface area contributed by atoms with Gasteiger partial charge in [-0.2, -0.15) is 0 Å². The first-order valence-corrected chi connectivity index (χ1v) is 3.25. The Labute approximate surface area is 62.1 Å². The van der Waals surface area contributed by atoms with Crippen LogP contribution in [-0.4, -0.2) is 12.3 Å². The molecule has 0 spiro atoms. The molecule has 0 aliphatic carbocycles. The minimum absolute atomic E-state index is 0.477. The SMILES string of the molecule is C[N-]C(=C[CH-]C(C)C)NO. The van der Waals surface area contributed by atoms with Gasteiger partial charge in [0.05, 0.1) is 0 Å². The highest BCUT2D eigenvalue weighted by Gasteiger charge is 1.77. The van der Waals surface area contributed by atoms with Gasteiger partial charge < -0.3 is 16.0 Å². The molecule has 2 N–H and O–H groups in total. The summed E-state index contributed by atoms with van der Waals surface area (Å²) in [6, 6.07) is 0. The molecule has 0 aliphatic heterocycles. The van der Waals surface area contributed by atoms with E-state index in [2.05, 4.69) is 19.2 Å². The molecule has 3 nitrogen and oxygen atoms in total. The van der Waals surface area contributed by atoms with Crippen molar-refractivity contribution >= 4 is 0 Å². The van der Waals surface area contributed by atoms with E-state index in [1.54, 1.807) is 13.1 Å². The Morgan fingerprint density at radius 2 is 2.30 bits per heavy atom. The van der Waals surface area contributed by atoms with Crippen molar-refractivity contribution in [3.8, 4) is 0 Å². The van der Waals surface area contributed by atoms with Crippen LogP contribution in [0, 0.1) is 12.3 Å². The Hall–Kier alpha value is -0.830. The zero-order valence-electron chi connectivity index (χ0n) is 6.63. The van der Waals surface area contributed by atoms with Gasteiger partial charge in [0.25, 0.3) is 0 Å². The van der Waals surface area contributed by atoms with Crippen molar-refractivity contribution in [2.24, 2.45) is 5.92 Å². The summed E-state index contributed by atoms with van der Waals surface area (Å²) in [6.07, 6.45) is 3.69. The average Bonchev–Trinajstić information content (AvgIpc) is 1.90. The lowest BCUT2D eigenvalue weighted by molar-refractivity contribution is 0.203. The molecule has 0 unspecified atom stereocenters. The summed E-state index contributed by atoms with van der Waals surface area (Å²) in [4.78, 5) is 0. The van der Waals surface area contributed by atoms with Crippen molar-refractivity contribution in [3.63, 3.8) is 0 Å². The predicted octanol–water partition coefficient (Wildman–Crippen LogP) is 1.67. The largest absolute Gasteiger partial charge is 0.560 e. The van der Waals surface area contributed by atoms with Crippen LogP contribution >= 0.6 is 0 Å². The van der Waals surface area contributed by atoms with Gasteiger partial charge in [0, 0.05) is 0 Å². The normalized spacial score (nSPS) is 11.5. The van der Waals surface area contributed by atoms with Crippen LogP contribution in [0.15, 0.2) is 11.9 Å². The predicted molar refractivity (Wildman–Crippen MR) is 41.4 cm³/mol. The van der Waals surface area contributed by atoms with Crippen LogP contribution in [0.1, 0.15) is 13.8 Å². The van der Waals surface area contributed by atoms with Crippen molar-refractivity contribution in [1.29, 1.82) is 0 Å². The Balaban J connectivity index is 3.63. The van der Waals surface area contributed by atoms with Crippen molar-refractivity contribution < 1.29 is 5.21 Å². The van der Waals surface area contributed by atoms with E-state index < -0.39 is 0 Å². The number of hydrogen-bond donors (Lipinski definition) is 2. The fraction of sp³-hybridized carbons (Fsp3) is 0.571. The molecule has 0 bridgehead atoms. The number of nitrogens with one attached hydrogen (secondary N) is 1. The smallest absolute Gasteiger partial charge is 0.0747 e. The third kappa shape index (κ3) is 4.09. The quantitative estimate of drug-likeness (QED) is 0.463. The molecule has 3 heteroatoms. The van der Waals surface area contributed by atoms with Crippen LogP contribution < -0.4 is 5.48 Å². The monoisotopic (exact) mass is 142 g/mol. The van der Waals surface area contributed by atoms with Crippen molar-refractivity contribution in [3.05, 3.63) is 23.6 Å². The maximum Gasteiger partial charge on any atom is -0.0747 e. The summed E-state index contributed by atoms with van der Waals surface area (Å²) in [5.41, 5.74) is 1.97. The number of allylic oxidation sites excluding steroid dienone is 1. The Bertz CT molecular complexity index is 104. The van der Waals surface area contributed by atoms with Crippen molar-refractivity contribution in [2.75, 3.05) is 7.05 Å². The molecule has 0 aromatic heterocycles. The van der Waals surface area contributed by atoms with Gasteiger partial charge in [0.1, 0.15) is 0 Å². The maximum absolute atomic E-state index is 8.41. The molecule has 0 fully saturated rings. The first kappa shape index (κ1) is 9.17. The molecule has 0 amide bonds. The number of nitrogens with zero attached hydrogens (tertiary/aromatic N) is 1. The van der Waals surface area contributed by atoms with Gasteiger partial charge in [-0.15, -0.1) is 0 Å². The summed E-state index contributed by atoms with van der Waals surface area (Å²) >= 11 is 0. The summed E-state index contributed by atoms with van der Waals surface area (Å²) in [5.74, 6) is 0.957. The fourth-order valence-corrected chi connectivity index (χ4v) is 0.445. The van der Waals surface area contributed by atoms with E-state index in [1.807, 2.05) is 11.9 Å². The van der Waals surface area contributed by atoms with Gasteiger partial charge in [-0.1, -0.05) is 26.8 Å². The van der Waals surface area contributed by atoms with Crippen molar-refractivity contribution in [1.82, 2.24) is 5.48 Å². The molecule has 0 radical (unpaired) electrons. The molecule has 0 saturated heterocycles. The van der Waals surface area contributed by atoms with Crippen LogP contribution in [0.3, 0.4) is 0 Å². The van der Waals surface area contributed by atoms with E-state index in [4.69, 9.17) is 5.21 Å². The van der Waals surface area contributed by atoms with E-state index in [0.717, 1.165) is 0 Å². The minimum Gasteiger partial charge on any atom is -0.560 e. The number of hydrogen-bond acceptors (Lipinski definition) is 2. The lowest BCUT2D eigenvalue weighted by Crippen LogP contribution is -2.05. The van der Waals surface area contributed by atoms with Gasteiger partial charge in [0.2, 0.25) is 0 Å². The van der Waals surface area contributed by atoms with E-state index >= 15 is 0 Å². The highest BCUT2D eigenvalue weighted by atomic mass is 16.5. The van der Waals surface area contributed by atoms with Crippen LogP contribution in [0.2, 0.25) is 0 Å². The van der Waals surface area contributed by atoms with Crippen LogP contribution in [0.5, 0.6) is 0 Å². The summed E-state index contributed by atoms with van der Waals surface area (Å²) < 4.78 is 0. The molecule has 10 heavy (non-hydrogen) atoms. The second-order valence-electron chi connectivity index (χ2n) is 2.32. The average molecular weight is 142 g/mol. The third-order valence-electron chi connectivity index (χ3n) is 0.994. The molecule has 0 atom stereocenters. The summed E-state index contributed by atoms with van der Waals surface area (Å²) in [7, 11) is 1.61. The maximum atomic E-state index is 8.41. The first-order valence-electron chi connectivity index (χ1n) is 3.25. The van der Waals surface area contributed by atoms with Gasteiger partial charge in [-0.25, -0.2) is 18.3 Å². The van der Waals surface area contributed by atoms with E-state index in [1.165, 1.54) is 0 Å². The number of rotatable bonds is 4. The molecule has 0 aromatic carbocycles. The molecule has 0 rings (SSSR count). The zero-order chi connectivity index (χ0) is 7.98. The third-order valence-corrected chi connectivity index (χ3v) is 0.994. The second kappa shape index (κ2) is 4.99. The van der Waals surface area contributed by atoms with Crippen LogP contribution in [0.25, 0.3) is 5.32 Å². The number of hydroxylamine groups is 1. The van der Waals surface area contributed by atoms with Crippen LogP contribution in [-0.2, 0) is 0 Å². The molecular formula is C7H14N2O-2. The standard InChI is InChI=1S/C7H14N2O/c1-6(2)4-5-7(8-3)9-10/h4-6,9-10H,1-3H3/q-2. The molecule has 0 aromatic rings.